The number of nitrogens with zero attached hydrogens (tertiary/aromatic N) is 1. The molecule has 5 heteroatoms. The summed E-state index contributed by atoms with van der Waals surface area (Å²) in [5.41, 5.74) is 7.24. The van der Waals surface area contributed by atoms with Crippen molar-refractivity contribution in [3.63, 3.8) is 0 Å². The molecule has 2 rings (SSSR count). The molecule has 1 aliphatic rings. The summed E-state index contributed by atoms with van der Waals surface area (Å²) in [6.45, 7) is 3.60. The van der Waals surface area contributed by atoms with Crippen molar-refractivity contribution >= 4 is 23.3 Å². The van der Waals surface area contributed by atoms with Crippen LogP contribution >= 0.6 is 11.6 Å². The molecule has 1 heterocycles. The van der Waals surface area contributed by atoms with E-state index in [0.717, 1.165) is 25.2 Å². The summed E-state index contributed by atoms with van der Waals surface area (Å²) in [6, 6.07) is 5.14. The number of anilines is 1. The molecule has 1 fully saturated rings. The fourth-order valence-corrected chi connectivity index (χ4v) is 2.43. The number of ether oxygens (including phenoxy) is 1. The maximum absolute atomic E-state index is 11.5. The summed E-state index contributed by atoms with van der Waals surface area (Å²) in [5.74, 6) is -0.359. The van der Waals surface area contributed by atoms with Gasteiger partial charge in [-0.3, -0.25) is 0 Å². The van der Waals surface area contributed by atoms with Crippen LogP contribution in [0.4, 0.5) is 5.69 Å². The van der Waals surface area contributed by atoms with Gasteiger partial charge in [0.2, 0.25) is 0 Å². The molecule has 0 bridgehead atoms. The van der Waals surface area contributed by atoms with Crippen molar-refractivity contribution in [2.75, 3.05) is 25.1 Å². The molecule has 0 spiro atoms. The number of benzene rings is 1. The molecule has 0 aliphatic carbocycles. The van der Waals surface area contributed by atoms with Crippen LogP contribution in [0.1, 0.15) is 23.7 Å². The van der Waals surface area contributed by atoms with Crippen LogP contribution in [-0.2, 0) is 4.74 Å². The van der Waals surface area contributed by atoms with Gasteiger partial charge in [0.1, 0.15) is 0 Å². The average Bonchev–Trinajstić information content (AvgIpc) is 2.69. The Morgan fingerprint density at radius 3 is 2.83 bits per heavy atom. The van der Waals surface area contributed by atoms with Crippen molar-refractivity contribution in [1.29, 1.82) is 0 Å². The number of rotatable bonds is 2. The Kier molecular flexibility index (Phi) is 3.50. The summed E-state index contributed by atoms with van der Waals surface area (Å²) in [5, 5.41) is 0.625. The second-order valence-electron chi connectivity index (χ2n) is 4.98. The van der Waals surface area contributed by atoms with Gasteiger partial charge in [0.05, 0.1) is 23.4 Å². The number of hydrogen-bond donors (Lipinski definition) is 1. The molecule has 0 aromatic heterocycles. The van der Waals surface area contributed by atoms with E-state index in [-0.39, 0.29) is 11.5 Å². The smallest absolute Gasteiger partial charge is 0.337 e. The summed E-state index contributed by atoms with van der Waals surface area (Å²) >= 11 is 6.18. The predicted molar refractivity (Wildman–Crippen MR) is 72.2 cm³/mol. The lowest BCUT2D eigenvalue weighted by atomic mass is 10.0. The van der Waals surface area contributed by atoms with Crippen molar-refractivity contribution in [3.05, 3.63) is 28.8 Å². The summed E-state index contributed by atoms with van der Waals surface area (Å²) < 4.78 is 4.71. The van der Waals surface area contributed by atoms with Crippen LogP contribution in [0.15, 0.2) is 18.2 Å². The first-order chi connectivity index (χ1) is 8.43. The van der Waals surface area contributed by atoms with Gasteiger partial charge in [0, 0.05) is 18.6 Å². The quantitative estimate of drug-likeness (QED) is 0.834. The third-order valence-electron chi connectivity index (χ3n) is 3.21. The Hall–Kier alpha value is -1.26. The number of hydrogen-bond acceptors (Lipinski definition) is 4. The molecule has 1 aromatic rings. The van der Waals surface area contributed by atoms with Crippen LogP contribution in [0.3, 0.4) is 0 Å². The van der Waals surface area contributed by atoms with E-state index in [2.05, 4.69) is 4.90 Å². The zero-order valence-corrected chi connectivity index (χ0v) is 11.3. The topological polar surface area (TPSA) is 55.6 Å². The van der Waals surface area contributed by atoms with Crippen LogP contribution in [0.2, 0.25) is 5.02 Å². The lowest BCUT2D eigenvalue weighted by molar-refractivity contribution is 0.0601. The van der Waals surface area contributed by atoms with Gasteiger partial charge in [0.25, 0.3) is 0 Å². The van der Waals surface area contributed by atoms with Crippen molar-refractivity contribution in [3.8, 4) is 0 Å². The van der Waals surface area contributed by atoms with Gasteiger partial charge in [-0.05, 0) is 31.5 Å². The van der Waals surface area contributed by atoms with Crippen molar-refractivity contribution in [2.45, 2.75) is 18.9 Å². The average molecular weight is 269 g/mol. The first kappa shape index (κ1) is 13.2. The lowest BCUT2D eigenvalue weighted by Crippen LogP contribution is -2.39. The Labute approximate surface area is 112 Å². The normalized spacial score (nSPS) is 23.2. The van der Waals surface area contributed by atoms with E-state index < -0.39 is 0 Å². The lowest BCUT2D eigenvalue weighted by Gasteiger charge is -2.23. The maximum Gasteiger partial charge on any atom is 0.337 e. The van der Waals surface area contributed by atoms with Gasteiger partial charge in [-0.2, -0.15) is 0 Å². The van der Waals surface area contributed by atoms with Crippen LogP contribution in [0.5, 0.6) is 0 Å². The molecular weight excluding hydrogens is 252 g/mol. The second kappa shape index (κ2) is 4.78. The highest BCUT2D eigenvalue weighted by Gasteiger charge is 2.31. The third-order valence-corrected chi connectivity index (χ3v) is 3.53. The highest BCUT2D eigenvalue weighted by atomic mass is 35.5. The molecule has 1 aliphatic heterocycles. The molecule has 2 N–H and O–H groups in total. The van der Waals surface area contributed by atoms with Crippen molar-refractivity contribution in [2.24, 2.45) is 5.73 Å². The molecule has 1 saturated heterocycles. The molecule has 4 nitrogen and oxygen atoms in total. The fourth-order valence-electron chi connectivity index (χ4n) is 2.19. The van der Waals surface area contributed by atoms with Gasteiger partial charge in [-0.25, -0.2) is 4.79 Å². The van der Waals surface area contributed by atoms with Crippen LogP contribution in [0, 0.1) is 0 Å². The van der Waals surface area contributed by atoms with Gasteiger partial charge in [0.15, 0.2) is 0 Å². The van der Waals surface area contributed by atoms with E-state index in [1.54, 1.807) is 18.2 Å². The second-order valence-corrected chi connectivity index (χ2v) is 5.39. The van der Waals surface area contributed by atoms with Crippen molar-refractivity contribution in [1.82, 2.24) is 0 Å². The van der Waals surface area contributed by atoms with E-state index >= 15 is 0 Å². The minimum absolute atomic E-state index is 0.204. The predicted octanol–water partition coefficient (Wildman–Crippen LogP) is 2.05. The number of nitrogens with two attached hydrogens (primary N) is 1. The molecule has 1 atom stereocenters. The fraction of sp³-hybridized carbons (Fsp3) is 0.462. The minimum atomic E-state index is -0.359. The Morgan fingerprint density at radius 1 is 1.56 bits per heavy atom. The van der Waals surface area contributed by atoms with Crippen LogP contribution in [-0.4, -0.2) is 31.7 Å². The standard InChI is InChI=1S/C13H17ClN2O2/c1-13(15)5-6-16(8-13)11-7-9(12(17)18-2)3-4-10(11)14/h3-4,7H,5-6,8,15H2,1-2H3. The molecule has 18 heavy (non-hydrogen) atoms. The Balaban J connectivity index is 2.30. The van der Waals surface area contributed by atoms with Gasteiger partial charge in [-0.15, -0.1) is 0 Å². The van der Waals surface area contributed by atoms with E-state index in [1.807, 2.05) is 6.92 Å². The first-order valence-corrected chi connectivity index (χ1v) is 6.22. The largest absolute Gasteiger partial charge is 0.465 e. The maximum atomic E-state index is 11.5. The number of carbonyl (C=O) groups is 1. The number of carbonyl (C=O) groups excluding carboxylic acids is 1. The van der Waals surface area contributed by atoms with Crippen molar-refractivity contribution < 1.29 is 9.53 Å². The highest BCUT2D eigenvalue weighted by molar-refractivity contribution is 6.33. The van der Waals surface area contributed by atoms with E-state index in [4.69, 9.17) is 22.1 Å². The molecular formula is C13H17ClN2O2. The van der Waals surface area contributed by atoms with Gasteiger partial charge < -0.3 is 15.4 Å². The number of esters is 1. The first-order valence-electron chi connectivity index (χ1n) is 5.85. The minimum Gasteiger partial charge on any atom is -0.465 e. The Bertz CT molecular complexity index is 474. The summed E-state index contributed by atoms with van der Waals surface area (Å²) in [6.07, 6.45) is 0.909. The monoisotopic (exact) mass is 268 g/mol. The van der Waals surface area contributed by atoms with Gasteiger partial charge in [-0.1, -0.05) is 11.6 Å². The number of methoxy groups -OCH3 is 1. The Morgan fingerprint density at radius 2 is 2.28 bits per heavy atom. The molecule has 98 valence electrons. The molecule has 1 unspecified atom stereocenters. The molecule has 0 radical (unpaired) electrons. The summed E-state index contributed by atoms with van der Waals surface area (Å²) in [7, 11) is 1.36. The molecule has 1 aromatic carbocycles. The zero-order valence-electron chi connectivity index (χ0n) is 10.6. The number of halogens is 1. The molecule has 0 amide bonds. The van der Waals surface area contributed by atoms with Crippen LogP contribution < -0.4 is 10.6 Å². The van der Waals surface area contributed by atoms with Crippen LogP contribution in [0.25, 0.3) is 0 Å². The van der Waals surface area contributed by atoms with E-state index in [1.165, 1.54) is 7.11 Å². The van der Waals surface area contributed by atoms with E-state index in [0.29, 0.717) is 10.6 Å². The van der Waals surface area contributed by atoms with E-state index in [9.17, 15) is 4.79 Å². The third kappa shape index (κ3) is 2.60. The highest BCUT2D eigenvalue weighted by Crippen LogP contribution is 2.32. The molecule has 0 saturated carbocycles. The zero-order chi connectivity index (χ0) is 13.3. The SMILES string of the molecule is COC(=O)c1ccc(Cl)c(N2CCC(C)(N)C2)c1. The van der Waals surface area contributed by atoms with Gasteiger partial charge >= 0.3 is 5.97 Å². The summed E-state index contributed by atoms with van der Waals surface area (Å²) in [4.78, 5) is 13.6.